The minimum absolute atomic E-state index is 0.207. The molecular formula is C25H23ClN4O4. The number of halogens is 1. The van der Waals surface area contributed by atoms with Crippen LogP contribution in [0.3, 0.4) is 0 Å². The van der Waals surface area contributed by atoms with Gasteiger partial charge in [-0.05, 0) is 48.9 Å². The summed E-state index contributed by atoms with van der Waals surface area (Å²) in [7, 11) is 1.50. The first-order chi connectivity index (χ1) is 16.4. The van der Waals surface area contributed by atoms with Crippen molar-refractivity contribution in [2.24, 2.45) is 0 Å². The number of carbonyl (C=O) groups excluding carboxylic acids is 1. The van der Waals surface area contributed by atoms with Gasteiger partial charge in [-0.1, -0.05) is 30.7 Å². The van der Waals surface area contributed by atoms with Crippen LogP contribution in [0.4, 0.5) is 0 Å². The lowest BCUT2D eigenvalue weighted by atomic mass is 10.1. The summed E-state index contributed by atoms with van der Waals surface area (Å²) in [5.41, 5.74) is 0.162. The van der Waals surface area contributed by atoms with Gasteiger partial charge < -0.3 is 10.1 Å². The Morgan fingerprint density at radius 3 is 2.65 bits per heavy atom. The Labute approximate surface area is 200 Å². The lowest BCUT2D eigenvalue weighted by molar-refractivity contribution is -0.124. The normalized spacial score (nSPS) is 11.9. The van der Waals surface area contributed by atoms with Gasteiger partial charge in [-0.25, -0.2) is 9.36 Å². The van der Waals surface area contributed by atoms with E-state index in [1.807, 2.05) is 6.07 Å². The molecule has 1 atom stereocenters. The lowest BCUT2D eigenvalue weighted by Crippen LogP contribution is -2.44. The average Bonchev–Trinajstić information content (AvgIpc) is 2.85. The molecule has 2 heterocycles. The molecule has 34 heavy (non-hydrogen) atoms. The van der Waals surface area contributed by atoms with Crippen molar-refractivity contribution in [3.8, 4) is 11.4 Å². The van der Waals surface area contributed by atoms with Crippen LogP contribution in [0.5, 0.6) is 5.75 Å². The Morgan fingerprint density at radius 2 is 1.94 bits per heavy atom. The number of hydrogen-bond donors (Lipinski definition) is 1. The van der Waals surface area contributed by atoms with E-state index < -0.39 is 17.3 Å². The van der Waals surface area contributed by atoms with E-state index in [9.17, 15) is 14.4 Å². The molecule has 0 saturated carbocycles. The van der Waals surface area contributed by atoms with Gasteiger partial charge in [0.2, 0.25) is 5.91 Å². The summed E-state index contributed by atoms with van der Waals surface area (Å²) in [6.45, 7) is 2.01. The maximum absolute atomic E-state index is 13.7. The highest BCUT2D eigenvalue weighted by atomic mass is 35.5. The van der Waals surface area contributed by atoms with Crippen molar-refractivity contribution in [1.82, 2.24) is 19.4 Å². The fourth-order valence-electron chi connectivity index (χ4n) is 3.86. The largest absolute Gasteiger partial charge is 0.497 e. The maximum Gasteiger partial charge on any atom is 0.336 e. The molecule has 4 aromatic rings. The molecule has 2 aromatic carbocycles. The topological polar surface area (TPSA) is 95.2 Å². The summed E-state index contributed by atoms with van der Waals surface area (Å²) < 4.78 is 7.64. The van der Waals surface area contributed by atoms with Gasteiger partial charge in [-0.3, -0.25) is 19.1 Å². The van der Waals surface area contributed by atoms with Crippen LogP contribution in [0.15, 0.2) is 76.4 Å². The Hall–Kier alpha value is -3.91. The van der Waals surface area contributed by atoms with Crippen LogP contribution in [-0.4, -0.2) is 27.1 Å². The molecule has 174 valence electrons. The molecule has 1 amide bonds. The van der Waals surface area contributed by atoms with Crippen molar-refractivity contribution >= 4 is 28.4 Å². The fraction of sp³-hybridized carbons (Fsp3) is 0.200. The number of hydrogen-bond acceptors (Lipinski definition) is 5. The van der Waals surface area contributed by atoms with Crippen LogP contribution in [0.1, 0.15) is 25.1 Å². The smallest absolute Gasteiger partial charge is 0.336 e. The first kappa shape index (κ1) is 23.3. The summed E-state index contributed by atoms with van der Waals surface area (Å²) in [6, 6.07) is 15.8. The molecule has 0 bridgehead atoms. The SMILES string of the molecule is CCC(C(=O)NCc1ccccn1)n1c(=O)n(-c2cccc(OC)c2)c(=O)c2ccc(Cl)cc21. The molecule has 9 heteroatoms. The summed E-state index contributed by atoms with van der Waals surface area (Å²) in [5.74, 6) is 0.124. The van der Waals surface area contributed by atoms with Crippen molar-refractivity contribution in [3.05, 3.63) is 98.4 Å². The summed E-state index contributed by atoms with van der Waals surface area (Å²) in [4.78, 5) is 44.5. The Morgan fingerprint density at radius 1 is 1.12 bits per heavy atom. The van der Waals surface area contributed by atoms with Crippen LogP contribution < -0.4 is 21.3 Å². The van der Waals surface area contributed by atoms with Crippen molar-refractivity contribution < 1.29 is 9.53 Å². The van der Waals surface area contributed by atoms with E-state index in [0.29, 0.717) is 34.1 Å². The van der Waals surface area contributed by atoms with Crippen LogP contribution in [0.2, 0.25) is 5.02 Å². The van der Waals surface area contributed by atoms with Gasteiger partial charge in [0.15, 0.2) is 0 Å². The van der Waals surface area contributed by atoms with Gasteiger partial charge >= 0.3 is 5.69 Å². The van der Waals surface area contributed by atoms with Crippen LogP contribution in [0.25, 0.3) is 16.6 Å². The Bertz CT molecular complexity index is 1460. The quantitative estimate of drug-likeness (QED) is 0.439. The number of nitrogens with one attached hydrogen (secondary N) is 1. The highest BCUT2D eigenvalue weighted by molar-refractivity contribution is 6.31. The molecule has 8 nitrogen and oxygen atoms in total. The predicted molar refractivity (Wildman–Crippen MR) is 131 cm³/mol. The minimum atomic E-state index is -0.880. The maximum atomic E-state index is 13.7. The second kappa shape index (κ2) is 9.93. The highest BCUT2D eigenvalue weighted by Crippen LogP contribution is 2.22. The number of nitrogens with zero attached hydrogens (tertiary/aromatic N) is 3. The number of aromatic nitrogens is 3. The standard InChI is InChI=1S/C25H23ClN4O4/c1-3-21(23(31)28-15-17-7-4-5-12-27-17)30-22-13-16(26)10-11-20(22)24(32)29(25(30)33)18-8-6-9-19(14-18)34-2/h4-14,21H,3,15H2,1-2H3,(H,28,31). The molecule has 0 aliphatic rings. The number of benzene rings is 2. The zero-order valence-corrected chi connectivity index (χ0v) is 19.5. The molecule has 0 aliphatic carbocycles. The van der Waals surface area contributed by atoms with Gasteiger partial charge in [-0.2, -0.15) is 0 Å². The number of pyridine rings is 1. The Balaban J connectivity index is 1.89. The number of fused-ring (bicyclic) bond motifs is 1. The van der Waals surface area contributed by atoms with E-state index in [-0.39, 0.29) is 17.8 Å². The summed E-state index contributed by atoms with van der Waals surface area (Å²) in [5, 5.41) is 3.46. The highest BCUT2D eigenvalue weighted by Gasteiger charge is 2.25. The van der Waals surface area contributed by atoms with Crippen molar-refractivity contribution in [1.29, 1.82) is 0 Å². The van der Waals surface area contributed by atoms with Gasteiger partial charge in [0.25, 0.3) is 5.56 Å². The zero-order valence-electron chi connectivity index (χ0n) is 18.7. The van der Waals surface area contributed by atoms with E-state index >= 15 is 0 Å². The number of ether oxygens (including phenoxy) is 1. The molecule has 2 aromatic heterocycles. The van der Waals surface area contributed by atoms with Gasteiger partial charge in [0.1, 0.15) is 11.8 Å². The molecular weight excluding hydrogens is 456 g/mol. The van der Waals surface area contributed by atoms with Crippen LogP contribution in [-0.2, 0) is 11.3 Å². The Kier molecular flexibility index (Phi) is 6.79. The van der Waals surface area contributed by atoms with E-state index in [1.54, 1.807) is 61.7 Å². The van der Waals surface area contributed by atoms with Gasteiger partial charge in [-0.15, -0.1) is 0 Å². The molecule has 4 rings (SSSR count). The summed E-state index contributed by atoms with van der Waals surface area (Å²) >= 11 is 6.21. The van der Waals surface area contributed by atoms with Gasteiger partial charge in [0, 0.05) is 17.3 Å². The predicted octanol–water partition coefficient (Wildman–Crippen LogP) is 3.48. The average molecular weight is 479 g/mol. The van der Waals surface area contributed by atoms with E-state index in [1.165, 1.54) is 17.7 Å². The molecule has 0 radical (unpaired) electrons. The van der Waals surface area contributed by atoms with Crippen LogP contribution >= 0.6 is 11.6 Å². The van der Waals surface area contributed by atoms with E-state index in [2.05, 4.69) is 10.3 Å². The number of amides is 1. The molecule has 0 spiro atoms. The van der Waals surface area contributed by atoms with Crippen LogP contribution in [0, 0.1) is 0 Å². The third kappa shape index (κ3) is 4.45. The number of carbonyl (C=O) groups is 1. The second-order valence-electron chi connectivity index (χ2n) is 7.62. The third-order valence-corrected chi connectivity index (χ3v) is 5.77. The third-order valence-electron chi connectivity index (χ3n) is 5.53. The lowest BCUT2D eigenvalue weighted by Gasteiger charge is -2.22. The molecule has 1 N–H and O–H groups in total. The zero-order chi connectivity index (χ0) is 24.2. The second-order valence-corrected chi connectivity index (χ2v) is 8.06. The minimum Gasteiger partial charge on any atom is -0.497 e. The molecule has 0 fully saturated rings. The molecule has 1 unspecified atom stereocenters. The molecule has 0 aliphatic heterocycles. The van der Waals surface area contributed by atoms with Gasteiger partial charge in [0.05, 0.1) is 35.9 Å². The number of methoxy groups -OCH3 is 1. The van der Waals surface area contributed by atoms with E-state index in [4.69, 9.17) is 16.3 Å². The van der Waals surface area contributed by atoms with E-state index in [0.717, 1.165) is 4.57 Å². The van der Waals surface area contributed by atoms with Crippen molar-refractivity contribution in [3.63, 3.8) is 0 Å². The molecule has 0 saturated heterocycles. The van der Waals surface area contributed by atoms with Crippen molar-refractivity contribution in [2.75, 3.05) is 7.11 Å². The van der Waals surface area contributed by atoms with Crippen molar-refractivity contribution in [2.45, 2.75) is 25.9 Å². The fourth-order valence-corrected chi connectivity index (χ4v) is 4.03. The first-order valence-corrected chi connectivity index (χ1v) is 11.1. The summed E-state index contributed by atoms with van der Waals surface area (Å²) in [6.07, 6.45) is 1.95. The number of rotatable bonds is 7. The first-order valence-electron chi connectivity index (χ1n) is 10.7. The monoisotopic (exact) mass is 478 g/mol.